The number of halogens is 2. The van der Waals surface area contributed by atoms with E-state index in [-0.39, 0.29) is 5.69 Å². The Kier molecular flexibility index (Phi) is 5.97. The maximum absolute atomic E-state index is 11.2. The van der Waals surface area contributed by atoms with Gasteiger partial charge in [-0.1, -0.05) is 35.3 Å². The number of carboxylic acid groups (broad SMARTS) is 1. The Bertz CT molecular complexity index is 844. The van der Waals surface area contributed by atoms with Crippen molar-refractivity contribution in [1.82, 2.24) is 0 Å². The normalized spacial score (nSPS) is 12.8. The van der Waals surface area contributed by atoms with Gasteiger partial charge in [0.05, 0.1) is 16.9 Å². The number of benzene rings is 2. The lowest BCUT2D eigenvalue weighted by Gasteiger charge is -2.23. The standard InChI is InChI=1S/C17H12Cl2N2O4/c18-12-4-11(5-13(19)7-12)16(9-20)15(8-17(22)23)10-2-1-3-14(6-10)21(24)25/h1-7,15-16H,8H2,(H,22,23)/p-1. The molecule has 128 valence electrons. The van der Waals surface area contributed by atoms with E-state index in [1.807, 2.05) is 6.07 Å². The molecule has 25 heavy (non-hydrogen) atoms. The third-order valence-corrected chi connectivity index (χ3v) is 4.12. The summed E-state index contributed by atoms with van der Waals surface area (Å²) in [7, 11) is 0. The molecule has 8 heteroatoms. The summed E-state index contributed by atoms with van der Waals surface area (Å²) in [6, 6.07) is 12.1. The second-order valence-electron chi connectivity index (χ2n) is 5.34. The van der Waals surface area contributed by atoms with Gasteiger partial charge in [0.15, 0.2) is 0 Å². The Hall–Kier alpha value is -2.62. The van der Waals surface area contributed by atoms with Crippen molar-refractivity contribution >= 4 is 34.9 Å². The lowest BCUT2D eigenvalue weighted by Crippen LogP contribution is -2.26. The third-order valence-electron chi connectivity index (χ3n) is 3.68. The van der Waals surface area contributed by atoms with Crippen LogP contribution in [0.4, 0.5) is 5.69 Å². The van der Waals surface area contributed by atoms with Crippen molar-refractivity contribution in [3.05, 3.63) is 73.8 Å². The summed E-state index contributed by atoms with van der Waals surface area (Å²) < 4.78 is 0. The summed E-state index contributed by atoms with van der Waals surface area (Å²) in [6.07, 6.45) is -0.483. The lowest BCUT2D eigenvalue weighted by atomic mass is 9.80. The van der Waals surface area contributed by atoms with E-state index in [2.05, 4.69) is 0 Å². The van der Waals surface area contributed by atoms with Crippen LogP contribution in [0.3, 0.4) is 0 Å². The van der Waals surface area contributed by atoms with Gasteiger partial charge in [0.25, 0.3) is 5.69 Å². The van der Waals surface area contributed by atoms with E-state index in [4.69, 9.17) is 23.2 Å². The van der Waals surface area contributed by atoms with E-state index in [0.29, 0.717) is 21.2 Å². The number of hydrogen-bond acceptors (Lipinski definition) is 5. The van der Waals surface area contributed by atoms with Crippen LogP contribution in [0.5, 0.6) is 0 Å². The average Bonchev–Trinajstić information content (AvgIpc) is 2.53. The van der Waals surface area contributed by atoms with Gasteiger partial charge in [-0.3, -0.25) is 10.1 Å². The molecule has 2 rings (SSSR count). The van der Waals surface area contributed by atoms with Crippen LogP contribution in [0.2, 0.25) is 10.0 Å². The molecule has 0 N–H and O–H groups in total. The van der Waals surface area contributed by atoms with Crippen LogP contribution in [-0.2, 0) is 4.79 Å². The highest BCUT2D eigenvalue weighted by atomic mass is 35.5. The summed E-state index contributed by atoms with van der Waals surface area (Å²) in [4.78, 5) is 21.6. The first-order valence-corrected chi connectivity index (χ1v) is 7.87. The molecule has 2 atom stereocenters. The quantitative estimate of drug-likeness (QED) is 0.565. The summed E-state index contributed by atoms with van der Waals surface area (Å²) in [5.74, 6) is -3.15. The molecule has 0 aliphatic heterocycles. The van der Waals surface area contributed by atoms with Crippen molar-refractivity contribution in [2.75, 3.05) is 0 Å². The number of rotatable bonds is 6. The van der Waals surface area contributed by atoms with Gasteiger partial charge in [-0.15, -0.1) is 0 Å². The minimum absolute atomic E-state index is 0.193. The molecule has 0 amide bonds. The minimum Gasteiger partial charge on any atom is -0.550 e. The summed E-state index contributed by atoms with van der Waals surface area (Å²) in [5.41, 5.74) is 0.584. The molecule has 0 radical (unpaired) electrons. The maximum Gasteiger partial charge on any atom is 0.269 e. The average molecular weight is 378 g/mol. The van der Waals surface area contributed by atoms with Gasteiger partial charge in [0.1, 0.15) is 0 Å². The Morgan fingerprint density at radius 1 is 1.16 bits per heavy atom. The molecule has 2 unspecified atom stereocenters. The molecule has 2 aromatic rings. The first kappa shape index (κ1) is 18.7. The molecule has 2 aromatic carbocycles. The fourth-order valence-electron chi connectivity index (χ4n) is 2.63. The van der Waals surface area contributed by atoms with Gasteiger partial charge in [-0.25, -0.2) is 0 Å². The number of carbonyl (C=O) groups excluding carboxylic acids is 1. The summed E-state index contributed by atoms with van der Waals surface area (Å²) >= 11 is 11.9. The minimum atomic E-state index is -1.37. The first-order chi connectivity index (χ1) is 11.8. The molecule has 0 saturated carbocycles. The topological polar surface area (TPSA) is 107 Å². The number of hydrogen-bond donors (Lipinski definition) is 0. The number of non-ortho nitro benzene ring substituents is 1. The highest BCUT2D eigenvalue weighted by Gasteiger charge is 2.27. The SMILES string of the molecule is N#CC(c1cc(Cl)cc(Cl)c1)C(CC(=O)[O-])c1cccc([N+](=O)[O-])c1. The summed E-state index contributed by atoms with van der Waals surface area (Å²) in [5, 5.41) is 32.4. The number of carbonyl (C=O) groups is 1. The van der Waals surface area contributed by atoms with E-state index in [1.54, 1.807) is 0 Å². The van der Waals surface area contributed by atoms with Crippen LogP contribution in [0, 0.1) is 21.4 Å². The Labute approximate surface area is 153 Å². The van der Waals surface area contributed by atoms with Crippen molar-refractivity contribution in [3.63, 3.8) is 0 Å². The van der Waals surface area contributed by atoms with Gasteiger partial charge in [-0.2, -0.15) is 5.26 Å². The van der Waals surface area contributed by atoms with Gasteiger partial charge in [0, 0.05) is 34.1 Å². The number of nitro groups is 1. The van der Waals surface area contributed by atoms with Crippen molar-refractivity contribution < 1.29 is 14.8 Å². The number of nitrogens with zero attached hydrogens (tertiary/aromatic N) is 2. The summed E-state index contributed by atoms with van der Waals surface area (Å²) in [6.45, 7) is 0. The van der Waals surface area contributed by atoms with E-state index < -0.39 is 29.1 Å². The second-order valence-corrected chi connectivity index (χ2v) is 6.22. The van der Waals surface area contributed by atoms with Crippen LogP contribution in [0.25, 0.3) is 0 Å². The highest BCUT2D eigenvalue weighted by molar-refractivity contribution is 6.34. The zero-order valence-electron chi connectivity index (χ0n) is 12.7. The smallest absolute Gasteiger partial charge is 0.269 e. The fourth-order valence-corrected chi connectivity index (χ4v) is 3.17. The Morgan fingerprint density at radius 3 is 2.32 bits per heavy atom. The molecule has 6 nitrogen and oxygen atoms in total. The molecule has 0 heterocycles. The number of carboxylic acids is 1. The van der Waals surface area contributed by atoms with Crippen molar-refractivity contribution in [2.45, 2.75) is 18.3 Å². The van der Waals surface area contributed by atoms with E-state index in [1.165, 1.54) is 42.5 Å². The zero-order valence-corrected chi connectivity index (χ0v) is 14.2. The van der Waals surface area contributed by atoms with E-state index in [9.17, 15) is 25.3 Å². The van der Waals surface area contributed by atoms with E-state index in [0.717, 1.165) is 0 Å². The molecule has 0 aliphatic rings. The van der Waals surface area contributed by atoms with Crippen LogP contribution in [-0.4, -0.2) is 10.9 Å². The monoisotopic (exact) mass is 377 g/mol. The van der Waals surface area contributed by atoms with Crippen LogP contribution in [0.1, 0.15) is 29.4 Å². The molecular weight excluding hydrogens is 367 g/mol. The van der Waals surface area contributed by atoms with Gasteiger partial charge >= 0.3 is 0 Å². The molecule has 0 saturated heterocycles. The largest absolute Gasteiger partial charge is 0.550 e. The van der Waals surface area contributed by atoms with Crippen LogP contribution < -0.4 is 5.11 Å². The van der Waals surface area contributed by atoms with Gasteiger partial charge in [0.2, 0.25) is 0 Å². The molecule has 0 fully saturated rings. The highest BCUT2D eigenvalue weighted by Crippen LogP contribution is 2.38. The second kappa shape index (κ2) is 7.97. The Morgan fingerprint density at radius 2 is 1.80 bits per heavy atom. The van der Waals surface area contributed by atoms with Crippen molar-refractivity contribution in [2.24, 2.45) is 0 Å². The van der Waals surface area contributed by atoms with Crippen molar-refractivity contribution in [3.8, 4) is 6.07 Å². The third kappa shape index (κ3) is 4.69. The van der Waals surface area contributed by atoms with Gasteiger partial charge in [-0.05, 0) is 35.7 Å². The van der Waals surface area contributed by atoms with Crippen molar-refractivity contribution in [1.29, 1.82) is 5.26 Å². The van der Waals surface area contributed by atoms with E-state index >= 15 is 0 Å². The molecule has 0 aliphatic carbocycles. The fraction of sp³-hybridized carbons (Fsp3) is 0.176. The molecular formula is C17H11Cl2N2O4-. The number of aliphatic carboxylic acids is 1. The predicted octanol–water partition coefficient (Wildman–Crippen LogP) is 3.43. The van der Waals surface area contributed by atoms with Gasteiger partial charge < -0.3 is 9.90 Å². The number of nitro benzene ring substituents is 1. The maximum atomic E-state index is 11.2. The predicted molar refractivity (Wildman–Crippen MR) is 90.3 cm³/mol. The molecule has 0 aromatic heterocycles. The molecule has 0 bridgehead atoms. The van der Waals surface area contributed by atoms with Crippen LogP contribution in [0.15, 0.2) is 42.5 Å². The zero-order chi connectivity index (χ0) is 18.6. The number of nitriles is 1. The van der Waals surface area contributed by atoms with Crippen LogP contribution >= 0.6 is 23.2 Å². The molecule has 0 spiro atoms. The Balaban J connectivity index is 2.55. The first-order valence-electron chi connectivity index (χ1n) is 7.11. The lowest BCUT2D eigenvalue weighted by molar-refractivity contribution is -0.384.